The molecule has 0 unspecified atom stereocenters. The topological polar surface area (TPSA) is 136 Å². The third-order valence-corrected chi connectivity index (χ3v) is 7.09. The van der Waals surface area contributed by atoms with Gasteiger partial charge in [0.15, 0.2) is 0 Å². The Morgan fingerprint density at radius 1 is 1.00 bits per heavy atom. The average molecular weight is 594 g/mol. The first-order chi connectivity index (χ1) is 18.6. The number of nitro groups is 1. The zero-order valence-corrected chi connectivity index (χ0v) is 22.3. The van der Waals surface area contributed by atoms with E-state index in [-0.39, 0.29) is 36.1 Å². The molecule has 2 heterocycles. The standard InChI is InChI=1S/C27H20BrN3O8/c1-14-9-18(5-8-21(14)30-25(33)19-6-3-16(28)11-20(19)26(30)34)39-27(35)15-10-24(32)29(13-15)22-7-4-17(31(36)37)12-23(22)38-2/h3-9,11-12,15H,10,13H2,1-2H3/t15-/m1/s1. The molecule has 198 valence electrons. The van der Waals surface area contributed by atoms with E-state index in [2.05, 4.69) is 15.9 Å². The third-order valence-electron chi connectivity index (χ3n) is 6.60. The summed E-state index contributed by atoms with van der Waals surface area (Å²) < 4.78 is 11.4. The normalized spacial score (nSPS) is 16.5. The van der Waals surface area contributed by atoms with Crippen LogP contribution in [0.15, 0.2) is 59.1 Å². The van der Waals surface area contributed by atoms with Crippen LogP contribution < -0.4 is 19.3 Å². The summed E-state index contributed by atoms with van der Waals surface area (Å²) >= 11 is 3.31. The molecule has 0 spiro atoms. The van der Waals surface area contributed by atoms with Gasteiger partial charge in [0.2, 0.25) is 5.91 Å². The van der Waals surface area contributed by atoms with E-state index in [0.29, 0.717) is 32.5 Å². The molecule has 39 heavy (non-hydrogen) atoms. The largest absolute Gasteiger partial charge is 0.494 e. The lowest BCUT2D eigenvalue weighted by molar-refractivity contribution is -0.384. The van der Waals surface area contributed by atoms with E-state index in [4.69, 9.17) is 9.47 Å². The molecule has 12 heteroatoms. The van der Waals surface area contributed by atoms with Gasteiger partial charge in [-0.2, -0.15) is 0 Å². The molecule has 0 saturated carbocycles. The zero-order valence-electron chi connectivity index (χ0n) is 20.7. The molecule has 1 fully saturated rings. The van der Waals surface area contributed by atoms with Crippen LogP contribution in [0.25, 0.3) is 0 Å². The summed E-state index contributed by atoms with van der Waals surface area (Å²) in [6.07, 6.45) is -0.110. The maximum absolute atomic E-state index is 12.9. The summed E-state index contributed by atoms with van der Waals surface area (Å²) in [5.41, 5.74) is 1.63. The van der Waals surface area contributed by atoms with Crippen LogP contribution in [0.1, 0.15) is 32.7 Å². The predicted octanol–water partition coefficient (Wildman–Crippen LogP) is 4.43. The van der Waals surface area contributed by atoms with Gasteiger partial charge in [-0.05, 0) is 55.0 Å². The molecule has 11 nitrogen and oxygen atoms in total. The predicted molar refractivity (Wildman–Crippen MR) is 142 cm³/mol. The number of amides is 3. The molecule has 1 saturated heterocycles. The summed E-state index contributed by atoms with van der Waals surface area (Å²) in [6, 6.07) is 13.3. The van der Waals surface area contributed by atoms with E-state index in [0.717, 1.165) is 4.90 Å². The molecule has 0 radical (unpaired) electrons. The number of imide groups is 1. The lowest BCUT2D eigenvalue weighted by atomic mass is 10.1. The number of carbonyl (C=O) groups is 4. The van der Waals surface area contributed by atoms with E-state index < -0.39 is 28.6 Å². The lowest BCUT2D eigenvalue weighted by Crippen LogP contribution is -2.30. The number of carbonyl (C=O) groups excluding carboxylic acids is 4. The van der Waals surface area contributed by atoms with Crippen LogP contribution in [-0.4, -0.2) is 42.3 Å². The number of non-ortho nitro benzene ring substituents is 1. The monoisotopic (exact) mass is 593 g/mol. The van der Waals surface area contributed by atoms with Crippen molar-refractivity contribution in [1.82, 2.24) is 0 Å². The van der Waals surface area contributed by atoms with Crippen LogP contribution in [0.2, 0.25) is 0 Å². The van der Waals surface area contributed by atoms with Gasteiger partial charge in [0.05, 0.1) is 46.5 Å². The highest BCUT2D eigenvalue weighted by molar-refractivity contribution is 9.10. The summed E-state index contributed by atoms with van der Waals surface area (Å²) in [7, 11) is 1.34. The Morgan fingerprint density at radius 2 is 1.72 bits per heavy atom. The number of esters is 1. The Morgan fingerprint density at radius 3 is 2.41 bits per heavy atom. The molecular weight excluding hydrogens is 574 g/mol. The second kappa shape index (κ2) is 9.95. The maximum atomic E-state index is 12.9. The Hall–Kier alpha value is -4.58. The Kier molecular flexibility index (Phi) is 6.64. The van der Waals surface area contributed by atoms with Crippen molar-refractivity contribution >= 4 is 56.7 Å². The van der Waals surface area contributed by atoms with Crippen molar-refractivity contribution in [2.75, 3.05) is 23.5 Å². The third kappa shape index (κ3) is 4.63. The van der Waals surface area contributed by atoms with E-state index in [1.54, 1.807) is 31.2 Å². The van der Waals surface area contributed by atoms with Gasteiger partial charge in [-0.3, -0.25) is 29.3 Å². The number of anilines is 2. The van der Waals surface area contributed by atoms with E-state index in [1.807, 2.05) is 0 Å². The molecule has 2 aliphatic rings. The van der Waals surface area contributed by atoms with Crippen molar-refractivity contribution in [3.05, 3.63) is 85.9 Å². The van der Waals surface area contributed by atoms with Gasteiger partial charge in [-0.25, -0.2) is 4.90 Å². The van der Waals surface area contributed by atoms with Gasteiger partial charge < -0.3 is 14.4 Å². The molecule has 0 N–H and O–H groups in total. The number of fused-ring (bicyclic) bond motifs is 1. The number of hydrogen-bond acceptors (Lipinski definition) is 8. The molecule has 3 aromatic carbocycles. The minimum Gasteiger partial charge on any atom is -0.494 e. The highest BCUT2D eigenvalue weighted by atomic mass is 79.9. The number of ether oxygens (including phenoxy) is 2. The molecule has 3 aromatic rings. The van der Waals surface area contributed by atoms with Crippen LogP contribution >= 0.6 is 15.9 Å². The van der Waals surface area contributed by atoms with Crippen molar-refractivity contribution in [3.63, 3.8) is 0 Å². The quantitative estimate of drug-likeness (QED) is 0.134. The minimum absolute atomic E-state index is 0.00744. The number of nitrogens with zero attached hydrogens (tertiary/aromatic N) is 3. The first-order valence-electron chi connectivity index (χ1n) is 11.7. The first kappa shape index (κ1) is 26.0. The molecule has 3 amide bonds. The first-order valence-corrected chi connectivity index (χ1v) is 12.5. The Labute approximate surface area is 230 Å². The van der Waals surface area contributed by atoms with Gasteiger partial charge in [-0.15, -0.1) is 0 Å². The number of halogens is 1. The fourth-order valence-corrected chi connectivity index (χ4v) is 5.04. The Bertz CT molecular complexity index is 1590. The summed E-state index contributed by atoms with van der Waals surface area (Å²) in [5.74, 6) is -2.33. The maximum Gasteiger partial charge on any atom is 0.316 e. The van der Waals surface area contributed by atoms with Gasteiger partial charge in [0.1, 0.15) is 11.5 Å². The SMILES string of the molecule is COc1cc([N+](=O)[O-])ccc1N1C[C@H](C(=O)Oc2ccc(N3C(=O)c4ccc(Br)cc4C3=O)c(C)c2)CC1=O. The van der Waals surface area contributed by atoms with E-state index in [1.165, 1.54) is 42.3 Å². The molecule has 5 rings (SSSR count). The number of aryl methyl sites for hydroxylation is 1. The second-order valence-electron chi connectivity index (χ2n) is 9.02. The van der Waals surface area contributed by atoms with Crippen LogP contribution in [-0.2, 0) is 9.59 Å². The van der Waals surface area contributed by atoms with Crippen LogP contribution in [0.3, 0.4) is 0 Å². The summed E-state index contributed by atoms with van der Waals surface area (Å²) in [4.78, 5) is 64.4. The number of nitro benzene ring substituents is 1. The van der Waals surface area contributed by atoms with Gasteiger partial charge in [0.25, 0.3) is 17.5 Å². The molecule has 1 atom stereocenters. The van der Waals surface area contributed by atoms with Crippen molar-refractivity contribution in [3.8, 4) is 11.5 Å². The number of rotatable bonds is 6. The van der Waals surface area contributed by atoms with E-state index >= 15 is 0 Å². The van der Waals surface area contributed by atoms with Gasteiger partial charge in [0, 0.05) is 23.5 Å². The fourth-order valence-electron chi connectivity index (χ4n) is 4.67. The molecule has 0 bridgehead atoms. The minimum atomic E-state index is -0.785. The van der Waals surface area contributed by atoms with Crippen LogP contribution in [0.4, 0.5) is 17.1 Å². The van der Waals surface area contributed by atoms with Crippen molar-refractivity contribution in [2.24, 2.45) is 5.92 Å². The summed E-state index contributed by atoms with van der Waals surface area (Å²) in [6.45, 7) is 1.70. The van der Waals surface area contributed by atoms with Crippen molar-refractivity contribution in [1.29, 1.82) is 0 Å². The fraction of sp³-hybridized carbons (Fsp3) is 0.185. The second-order valence-corrected chi connectivity index (χ2v) is 9.94. The van der Waals surface area contributed by atoms with Gasteiger partial charge in [-0.1, -0.05) is 15.9 Å². The van der Waals surface area contributed by atoms with Crippen LogP contribution in [0, 0.1) is 23.0 Å². The van der Waals surface area contributed by atoms with Crippen molar-refractivity contribution < 1.29 is 33.6 Å². The molecule has 0 aliphatic carbocycles. The highest BCUT2D eigenvalue weighted by Crippen LogP contribution is 2.37. The number of hydrogen-bond donors (Lipinski definition) is 0. The number of methoxy groups -OCH3 is 1. The molecular formula is C27H20BrN3O8. The van der Waals surface area contributed by atoms with Crippen molar-refractivity contribution in [2.45, 2.75) is 13.3 Å². The molecule has 2 aliphatic heterocycles. The van der Waals surface area contributed by atoms with Gasteiger partial charge >= 0.3 is 5.97 Å². The van der Waals surface area contributed by atoms with Crippen LogP contribution in [0.5, 0.6) is 11.5 Å². The lowest BCUT2D eigenvalue weighted by Gasteiger charge is -2.19. The average Bonchev–Trinajstić information content (AvgIpc) is 3.40. The molecule has 0 aromatic heterocycles. The summed E-state index contributed by atoms with van der Waals surface area (Å²) in [5, 5.41) is 11.1. The smallest absolute Gasteiger partial charge is 0.316 e. The van der Waals surface area contributed by atoms with E-state index in [9.17, 15) is 29.3 Å². The Balaban J connectivity index is 1.31. The number of benzene rings is 3. The highest BCUT2D eigenvalue weighted by Gasteiger charge is 2.39. The zero-order chi connectivity index (χ0) is 28.0.